The molecule has 0 aliphatic heterocycles. The second kappa shape index (κ2) is 9.77. The first-order valence-corrected chi connectivity index (χ1v) is 12.0. The Labute approximate surface area is 196 Å². The van der Waals surface area contributed by atoms with E-state index >= 15 is 0 Å². The second-order valence-electron chi connectivity index (χ2n) is 6.72. The first kappa shape index (κ1) is 23.9. The fraction of sp³-hybridized carbons (Fsp3) is 0.143. The zero-order valence-electron chi connectivity index (χ0n) is 16.6. The van der Waals surface area contributed by atoms with Crippen LogP contribution in [0.25, 0.3) is 0 Å². The minimum Gasteiger partial charge on any atom is -0.450 e. The maximum atomic E-state index is 14.3. The van der Waals surface area contributed by atoms with Crippen LogP contribution < -0.4 is 9.46 Å². The van der Waals surface area contributed by atoms with E-state index in [1.807, 2.05) is 22.6 Å². The molecular formula is C21H17F2IN2O5S. The number of rotatable bonds is 8. The fourth-order valence-electron chi connectivity index (χ4n) is 2.92. The van der Waals surface area contributed by atoms with Gasteiger partial charge in [0.15, 0.2) is 0 Å². The van der Waals surface area contributed by atoms with Crippen molar-refractivity contribution in [2.45, 2.75) is 13.3 Å². The van der Waals surface area contributed by atoms with Crippen LogP contribution in [0.3, 0.4) is 0 Å². The fourth-order valence-corrected chi connectivity index (χ4v) is 4.00. The maximum Gasteiger partial charge on any atom is 0.315 e. The van der Waals surface area contributed by atoms with Gasteiger partial charge in [0.1, 0.15) is 17.4 Å². The SMILES string of the molecule is CCS(=O)(=O)Nc1cccc(Oc2cc(F)cc(Cc3ccc(I)cc3F)c2[N+](=O)[O-])c1. The summed E-state index contributed by atoms with van der Waals surface area (Å²) >= 11 is 1.94. The van der Waals surface area contributed by atoms with Gasteiger partial charge in [-0.2, -0.15) is 0 Å². The van der Waals surface area contributed by atoms with Gasteiger partial charge in [-0.15, -0.1) is 0 Å². The molecule has 11 heteroatoms. The first-order chi connectivity index (χ1) is 15.1. The minimum absolute atomic E-state index is 0.0569. The standard InChI is InChI=1S/C21H17F2IN2O5S/c1-2-32(29,30)25-17-4-3-5-18(12-17)31-20-10-15(22)9-14(21(20)26(27)28)8-13-6-7-16(24)11-19(13)23/h3-7,9-12,25H,2,8H2,1H3. The van der Waals surface area contributed by atoms with Gasteiger partial charge in [0, 0.05) is 27.7 Å². The summed E-state index contributed by atoms with van der Waals surface area (Å²) in [4.78, 5) is 11.1. The van der Waals surface area contributed by atoms with Crippen molar-refractivity contribution in [3.05, 3.63) is 91.0 Å². The van der Waals surface area contributed by atoms with Gasteiger partial charge in [-0.3, -0.25) is 14.8 Å². The second-order valence-corrected chi connectivity index (χ2v) is 9.97. The molecule has 32 heavy (non-hydrogen) atoms. The number of hydrogen-bond donors (Lipinski definition) is 1. The summed E-state index contributed by atoms with van der Waals surface area (Å²) in [5.41, 5.74) is -0.220. The molecule has 3 aromatic carbocycles. The van der Waals surface area contributed by atoms with Gasteiger partial charge in [0.2, 0.25) is 15.8 Å². The summed E-state index contributed by atoms with van der Waals surface area (Å²) in [6.07, 6.45) is -0.219. The third kappa shape index (κ3) is 5.91. The molecule has 1 N–H and O–H groups in total. The number of ether oxygens (including phenoxy) is 1. The van der Waals surface area contributed by atoms with Crippen LogP contribution in [0.5, 0.6) is 11.5 Å². The number of hydrogen-bond acceptors (Lipinski definition) is 5. The molecule has 0 aromatic heterocycles. The summed E-state index contributed by atoms with van der Waals surface area (Å²) < 4.78 is 60.7. The average molecular weight is 574 g/mol. The van der Waals surface area contributed by atoms with E-state index in [-0.39, 0.29) is 40.5 Å². The van der Waals surface area contributed by atoms with Crippen LogP contribution in [0.15, 0.2) is 54.6 Å². The first-order valence-electron chi connectivity index (χ1n) is 9.27. The Bertz CT molecular complexity index is 1290. The van der Waals surface area contributed by atoms with Gasteiger partial charge in [0.25, 0.3) is 0 Å². The highest BCUT2D eigenvalue weighted by Crippen LogP contribution is 2.37. The Hall–Kier alpha value is -2.80. The summed E-state index contributed by atoms with van der Waals surface area (Å²) in [6, 6.07) is 11.9. The molecular weight excluding hydrogens is 557 g/mol. The molecule has 0 heterocycles. The van der Waals surface area contributed by atoms with Crippen molar-refractivity contribution in [3.8, 4) is 11.5 Å². The van der Waals surface area contributed by atoms with Crippen LogP contribution in [0, 0.1) is 25.3 Å². The van der Waals surface area contributed by atoms with E-state index < -0.39 is 32.3 Å². The molecule has 0 aliphatic rings. The van der Waals surface area contributed by atoms with E-state index in [0.717, 1.165) is 12.1 Å². The van der Waals surface area contributed by atoms with Crippen LogP contribution >= 0.6 is 22.6 Å². The summed E-state index contributed by atoms with van der Waals surface area (Å²) in [7, 11) is -3.55. The van der Waals surface area contributed by atoms with Crippen molar-refractivity contribution in [1.82, 2.24) is 0 Å². The lowest BCUT2D eigenvalue weighted by Crippen LogP contribution is -2.14. The van der Waals surface area contributed by atoms with Gasteiger partial charge >= 0.3 is 5.69 Å². The Balaban J connectivity index is 2.00. The van der Waals surface area contributed by atoms with Crippen molar-refractivity contribution in [3.63, 3.8) is 0 Å². The zero-order valence-corrected chi connectivity index (χ0v) is 19.6. The van der Waals surface area contributed by atoms with E-state index in [1.165, 1.54) is 43.3 Å². The molecule has 3 aromatic rings. The third-order valence-corrected chi connectivity index (χ3v) is 6.39. The number of anilines is 1. The molecule has 7 nitrogen and oxygen atoms in total. The van der Waals surface area contributed by atoms with Gasteiger partial charge < -0.3 is 4.74 Å². The molecule has 0 unspecified atom stereocenters. The highest BCUT2D eigenvalue weighted by molar-refractivity contribution is 14.1. The number of nitro groups is 1. The Morgan fingerprint density at radius 3 is 2.50 bits per heavy atom. The van der Waals surface area contributed by atoms with E-state index in [0.29, 0.717) is 3.57 Å². The molecule has 0 aliphatic carbocycles. The normalized spacial score (nSPS) is 11.2. The molecule has 0 fully saturated rings. The predicted octanol–water partition coefficient (Wildman–Crippen LogP) is 5.62. The minimum atomic E-state index is -3.55. The summed E-state index contributed by atoms with van der Waals surface area (Å²) in [5, 5.41) is 11.8. The van der Waals surface area contributed by atoms with Gasteiger partial charge in [0.05, 0.1) is 16.4 Å². The lowest BCUT2D eigenvalue weighted by atomic mass is 10.0. The monoisotopic (exact) mass is 574 g/mol. The smallest absolute Gasteiger partial charge is 0.315 e. The van der Waals surface area contributed by atoms with Crippen molar-refractivity contribution >= 4 is 44.0 Å². The van der Waals surface area contributed by atoms with Crippen molar-refractivity contribution in [2.75, 3.05) is 10.5 Å². The molecule has 0 radical (unpaired) electrons. The third-order valence-electron chi connectivity index (χ3n) is 4.41. The van der Waals surface area contributed by atoms with Gasteiger partial charge in [-0.25, -0.2) is 17.2 Å². The summed E-state index contributed by atoms with van der Waals surface area (Å²) in [5.74, 6) is -1.83. The number of nitrogens with zero attached hydrogens (tertiary/aromatic N) is 1. The van der Waals surface area contributed by atoms with E-state index in [2.05, 4.69) is 4.72 Å². The average Bonchev–Trinajstić information content (AvgIpc) is 2.69. The van der Waals surface area contributed by atoms with Crippen LogP contribution in [-0.2, 0) is 16.4 Å². The molecule has 168 valence electrons. The molecule has 0 bridgehead atoms. The Kier molecular flexibility index (Phi) is 7.29. The molecule has 3 rings (SSSR count). The van der Waals surface area contributed by atoms with Gasteiger partial charge in [-0.1, -0.05) is 12.1 Å². The van der Waals surface area contributed by atoms with Crippen LogP contribution in [0.1, 0.15) is 18.1 Å². The van der Waals surface area contributed by atoms with Crippen molar-refractivity contribution in [1.29, 1.82) is 0 Å². The van der Waals surface area contributed by atoms with Gasteiger partial charge in [-0.05, 0) is 65.4 Å². The van der Waals surface area contributed by atoms with E-state index in [9.17, 15) is 27.3 Å². The quantitative estimate of drug-likeness (QED) is 0.214. The number of nitrogens with one attached hydrogen (secondary N) is 1. The molecule has 0 amide bonds. The molecule has 0 saturated heterocycles. The number of nitro benzene ring substituents is 1. The van der Waals surface area contributed by atoms with E-state index in [4.69, 9.17) is 4.74 Å². The molecule has 0 saturated carbocycles. The molecule has 0 atom stereocenters. The Morgan fingerprint density at radius 1 is 1.09 bits per heavy atom. The van der Waals surface area contributed by atoms with Crippen LogP contribution in [0.4, 0.5) is 20.2 Å². The predicted molar refractivity (Wildman–Crippen MR) is 125 cm³/mol. The largest absolute Gasteiger partial charge is 0.450 e. The van der Waals surface area contributed by atoms with E-state index in [1.54, 1.807) is 6.07 Å². The van der Waals surface area contributed by atoms with Crippen molar-refractivity contribution < 1.29 is 26.9 Å². The maximum absolute atomic E-state index is 14.3. The highest BCUT2D eigenvalue weighted by atomic mass is 127. The number of benzene rings is 3. The highest BCUT2D eigenvalue weighted by Gasteiger charge is 2.25. The Morgan fingerprint density at radius 2 is 1.84 bits per heavy atom. The van der Waals surface area contributed by atoms with Crippen molar-refractivity contribution in [2.24, 2.45) is 0 Å². The zero-order chi connectivity index (χ0) is 23.5. The number of sulfonamides is 1. The summed E-state index contributed by atoms with van der Waals surface area (Å²) in [6.45, 7) is 1.47. The topological polar surface area (TPSA) is 98.5 Å². The lowest BCUT2D eigenvalue weighted by Gasteiger charge is -2.12. The molecule has 0 spiro atoms. The van der Waals surface area contributed by atoms with Crippen LogP contribution in [0.2, 0.25) is 0 Å². The number of halogens is 3. The lowest BCUT2D eigenvalue weighted by molar-refractivity contribution is -0.386. The van der Waals surface area contributed by atoms with Crippen LogP contribution in [-0.4, -0.2) is 19.1 Å².